The van der Waals surface area contributed by atoms with Crippen molar-refractivity contribution in [3.05, 3.63) is 28.1 Å². The summed E-state index contributed by atoms with van der Waals surface area (Å²) >= 11 is 0. The van der Waals surface area contributed by atoms with Gasteiger partial charge in [-0.15, -0.1) is 0 Å². The second-order valence-corrected chi connectivity index (χ2v) is 5.30. The van der Waals surface area contributed by atoms with Crippen LogP contribution >= 0.6 is 0 Å². The van der Waals surface area contributed by atoms with Gasteiger partial charge in [-0.1, -0.05) is 0 Å². The normalized spacial score (nSPS) is 18.6. The van der Waals surface area contributed by atoms with E-state index in [9.17, 15) is 28.4 Å². The summed E-state index contributed by atoms with van der Waals surface area (Å²) in [7, 11) is 0. The Labute approximate surface area is 118 Å². The summed E-state index contributed by atoms with van der Waals surface area (Å²) in [6.07, 6.45) is -3.38. The largest absolute Gasteiger partial charge is 0.433 e. The first-order valence-electron chi connectivity index (χ1n) is 6.29. The Morgan fingerprint density at radius 2 is 2.00 bits per heavy atom. The predicted octanol–water partition coefficient (Wildman–Crippen LogP) is 2.36. The molecule has 1 fully saturated rings. The molecule has 21 heavy (non-hydrogen) atoms. The van der Waals surface area contributed by atoms with Gasteiger partial charge < -0.3 is 10.0 Å². The van der Waals surface area contributed by atoms with Gasteiger partial charge in [0.15, 0.2) is 0 Å². The number of nitro groups is 1. The molecule has 0 spiro atoms. The number of hydrogen-bond donors (Lipinski definition) is 1. The molecule has 0 unspecified atom stereocenters. The van der Waals surface area contributed by atoms with Gasteiger partial charge in [0.25, 0.3) is 0 Å². The van der Waals surface area contributed by atoms with Crippen molar-refractivity contribution in [1.29, 1.82) is 0 Å². The number of halogens is 3. The Morgan fingerprint density at radius 1 is 1.43 bits per heavy atom. The highest BCUT2D eigenvalue weighted by atomic mass is 19.4. The molecule has 1 aliphatic rings. The fraction of sp³-hybridized carbons (Fsp3) is 0.583. The van der Waals surface area contributed by atoms with Gasteiger partial charge in [0, 0.05) is 13.1 Å². The minimum Gasteiger partial charge on any atom is -0.390 e. The van der Waals surface area contributed by atoms with Crippen molar-refractivity contribution in [3.63, 3.8) is 0 Å². The molecule has 0 amide bonds. The Balaban J connectivity index is 2.38. The highest BCUT2D eigenvalue weighted by Gasteiger charge is 2.36. The van der Waals surface area contributed by atoms with Crippen LogP contribution in [0.3, 0.4) is 0 Å². The lowest BCUT2D eigenvalue weighted by Gasteiger charge is -2.36. The van der Waals surface area contributed by atoms with Crippen LogP contribution in [0.25, 0.3) is 0 Å². The summed E-state index contributed by atoms with van der Waals surface area (Å²) < 4.78 is 38.1. The van der Waals surface area contributed by atoms with Gasteiger partial charge in [0.1, 0.15) is 17.6 Å². The molecular weight excluding hydrogens is 291 g/mol. The van der Waals surface area contributed by atoms with Crippen molar-refractivity contribution in [1.82, 2.24) is 4.98 Å². The summed E-state index contributed by atoms with van der Waals surface area (Å²) in [5, 5.41) is 20.8. The van der Waals surface area contributed by atoms with Crippen LogP contribution < -0.4 is 4.90 Å². The second kappa shape index (κ2) is 5.14. The Morgan fingerprint density at radius 3 is 2.48 bits per heavy atom. The zero-order chi connectivity index (χ0) is 15.8. The van der Waals surface area contributed by atoms with E-state index in [1.165, 1.54) is 4.90 Å². The molecule has 9 heteroatoms. The first-order valence-corrected chi connectivity index (χ1v) is 6.29. The van der Waals surface area contributed by atoms with Crippen molar-refractivity contribution >= 4 is 11.4 Å². The van der Waals surface area contributed by atoms with Crippen LogP contribution in [0.1, 0.15) is 25.5 Å². The third kappa shape index (κ3) is 3.41. The maximum absolute atomic E-state index is 12.7. The third-order valence-corrected chi connectivity index (χ3v) is 3.53. The van der Waals surface area contributed by atoms with E-state index < -0.39 is 28.1 Å². The lowest BCUT2D eigenvalue weighted by atomic mass is 9.93. The molecule has 0 bridgehead atoms. The van der Waals surface area contributed by atoms with Crippen molar-refractivity contribution in [2.75, 3.05) is 18.0 Å². The number of nitrogens with zero attached hydrogens (tertiary/aromatic N) is 3. The van der Waals surface area contributed by atoms with Crippen LogP contribution in [0.2, 0.25) is 0 Å². The number of anilines is 1. The lowest BCUT2D eigenvalue weighted by molar-refractivity contribution is -0.384. The average Bonchev–Trinajstić information content (AvgIpc) is 2.37. The number of alkyl halides is 3. The zero-order valence-corrected chi connectivity index (χ0v) is 11.2. The molecule has 1 aliphatic heterocycles. The number of aromatic nitrogens is 1. The Hall–Kier alpha value is -1.90. The van der Waals surface area contributed by atoms with Crippen molar-refractivity contribution in [3.8, 4) is 0 Å². The van der Waals surface area contributed by atoms with Crippen molar-refractivity contribution in [2.24, 2.45) is 0 Å². The molecule has 1 N–H and O–H groups in total. The predicted molar refractivity (Wildman–Crippen MR) is 68.0 cm³/mol. The molecule has 6 nitrogen and oxygen atoms in total. The fourth-order valence-electron chi connectivity index (χ4n) is 2.22. The second-order valence-electron chi connectivity index (χ2n) is 5.30. The third-order valence-electron chi connectivity index (χ3n) is 3.53. The molecule has 2 rings (SSSR count). The molecule has 1 aromatic rings. The number of rotatable bonds is 2. The van der Waals surface area contributed by atoms with E-state index in [4.69, 9.17) is 0 Å². The van der Waals surface area contributed by atoms with Crippen molar-refractivity contribution in [2.45, 2.75) is 31.5 Å². The summed E-state index contributed by atoms with van der Waals surface area (Å²) in [5.74, 6) is 0. The fourth-order valence-corrected chi connectivity index (χ4v) is 2.22. The lowest BCUT2D eigenvalue weighted by Crippen LogP contribution is -2.42. The van der Waals surface area contributed by atoms with Gasteiger partial charge in [-0.3, -0.25) is 10.1 Å². The molecule has 1 aromatic heterocycles. The SMILES string of the molecule is CC1(O)CCN(c2cc(C(F)(F)F)ncc2[N+](=O)[O-])CC1. The topological polar surface area (TPSA) is 79.5 Å². The van der Waals surface area contributed by atoms with E-state index in [0.29, 0.717) is 25.1 Å². The summed E-state index contributed by atoms with van der Waals surface area (Å²) in [5.41, 5.74) is -2.65. The first kappa shape index (κ1) is 15.5. The van der Waals surface area contributed by atoms with Gasteiger partial charge in [-0.05, 0) is 25.8 Å². The summed E-state index contributed by atoms with van der Waals surface area (Å²) in [6, 6.07) is 0.693. The summed E-state index contributed by atoms with van der Waals surface area (Å²) in [4.78, 5) is 14.8. The number of pyridine rings is 1. The molecule has 0 atom stereocenters. The summed E-state index contributed by atoms with van der Waals surface area (Å²) in [6.45, 7) is 2.12. The smallest absolute Gasteiger partial charge is 0.390 e. The van der Waals surface area contributed by atoms with Crippen LogP contribution in [-0.2, 0) is 6.18 Å². The standard InChI is InChI=1S/C12H14F3N3O3/c1-11(19)2-4-17(5-3-11)8-6-10(12(13,14)15)16-7-9(8)18(20)21/h6-7,19H,2-5H2,1H3. The van der Waals surface area contributed by atoms with Gasteiger partial charge >= 0.3 is 11.9 Å². The maximum Gasteiger partial charge on any atom is 0.433 e. The first-order chi connectivity index (χ1) is 9.60. The van der Waals surface area contributed by atoms with Crippen LogP contribution in [0, 0.1) is 10.1 Å². The van der Waals surface area contributed by atoms with Gasteiger partial charge in [0.2, 0.25) is 0 Å². The highest BCUT2D eigenvalue weighted by Crippen LogP contribution is 2.36. The van der Waals surface area contributed by atoms with Gasteiger partial charge in [0.05, 0.1) is 10.5 Å². The molecule has 0 radical (unpaired) electrons. The molecule has 116 valence electrons. The molecule has 2 heterocycles. The number of hydrogen-bond acceptors (Lipinski definition) is 5. The monoisotopic (exact) mass is 305 g/mol. The number of aliphatic hydroxyl groups is 1. The van der Waals surface area contributed by atoms with Gasteiger partial charge in [-0.2, -0.15) is 13.2 Å². The molecule has 0 aromatic carbocycles. The van der Waals surface area contributed by atoms with Crippen molar-refractivity contribution < 1.29 is 23.2 Å². The van der Waals surface area contributed by atoms with E-state index >= 15 is 0 Å². The van der Waals surface area contributed by atoms with E-state index in [1.54, 1.807) is 6.92 Å². The number of piperidine rings is 1. The van der Waals surface area contributed by atoms with Crippen LogP contribution in [0.5, 0.6) is 0 Å². The van der Waals surface area contributed by atoms with Crippen LogP contribution in [0.15, 0.2) is 12.3 Å². The van der Waals surface area contributed by atoms with E-state index in [-0.39, 0.29) is 18.8 Å². The highest BCUT2D eigenvalue weighted by molar-refractivity contribution is 5.63. The zero-order valence-electron chi connectivity index (χ0n) is 11.2. The minimum atomic E-state index is -4.66. The van der Waals surface area contributed by atoms with Gasteiger partial charge in [-0.25, -0.2) is 4.98 Å². The minimum absolute atomic E-state index is 0.113. The maximum atomic E-state index is 12.7. The average molecular weight is 305 g/mol. The molecular formula is C12H14F3N3O3. The molecule has 1 saturated heterocycles. The molecule has 0 aliphatic carbocycles. The van der Waals surface area contributed by atoms with E-state index in [0.717, 1.165) is 0 Å². The van der Waals surface area contributed by atoms with E-state index in [2.05, 4.69) is 4.98 Å². The quantitative estimate of drug-likeness (QED) is 0.670. The van der Waals surface area contributed by atoms with Crippen LogP contribution in [0.4, 0.5) is 24.5 Å². The van der Waals surface area contributed by atoms with Crippen LogP contribution in [-0.4, -0.2) is 33.7 Å². The Kier molecular flexibility index (Phi) is 3.79. The Bertz CT molecular complexity index is 550. The molecule has 0 saturated carbocycles. The van der Waals surface area contributed by atoms with E-state index in [1.807, 2.05) is 0 Å².